The lowest BCUT2D eigenvalue weighted by Gasteiger charge is -2.45. The highest BCUT2D eigenvalue weighted by molar-refractivity contribution is 5.98. The number of likely N-dealkylation sites (tertiary alicyclic amines) is 1. The molecule has 42 heavy (non-hydrogen) atoms. The summed E-state index contributed by atoms with van der Waals surface area (Å²) in [7, 11) is 2.97. The Morgan fingerprint density at radius 3 is 2.55 bits per heavy atom. The molecule has 218 valence electrons. The first kappa shape index (κ1) is 28.5. The van der Waals surface area contributed by atoms with Gasteiger partial charge in [-0.1, -0.05) is 30.3 Å². The van der Waals surface area contributed by atoms with Crippen LogP contribution in [0.25, 0.3) is 0 Å². The van der Waals surface area contributed by atoms with Crippen molar-refractivity contribution in [1.82, 2.24) is 10.2 Å². The van der Waals surface area contributed by atoms with Gasteiger partial charge in [-0.25, -0.2) is 9.59 Å². The van der Waals surface area contributed by atoms with Crippen molar-refractivity contribution in [2.45, 2.75) is 30.9 Å². The SMILES string of the molecule is COc1ccc2c(c1)[C@@]1(CCCN(C(=O)[C@H](Cc3ccccc3)NC(=O)c3ccc(N(C)C(=O)O)cc3)C1)OC(=O)N2. The van der Waals surface area contributed by atoms with Gasteiger partial charge >= 0.3 is 12.2 Å². The molecule has 2 aliphatic rings. The molecule has 4 amide bonds. The van der Waals surface area contributed by atoms with Gasteiger partial charge in [0.15, 0.2) is 5.60 Å². The summed E-state index contributed by atoms with van der Waals surface area (Å²) in [5.41, 5.74) is 1.83. The van der Waals surface area contributed by atoms with Crippen LogP contribution in [0.3, 0.4) is 0 Å². The minimum Gasteiger partial charge on any atom is -0.497 e. The zero-order valence-corrected chi connectivity index (χ0v) is 23.3. The maximum Gasteiger partial charge on any atom is 0.412 e. The van der Waals surface area contributed by atoms with Crippen LogP contribution in [0.2, 0.25) is 0 Å². The van der Waals surface area contributed by atoms with Gasteiger partial charge in [0.2, 0.25) is 5.91 Å². The number of carboxylic acid groups (broad SMARTS) is 1. The normalized spacial score (nSPS) is 18.2. The van der Waals surface area contributed by atoms with Gasteiger partial charge in [-0.3, -0.25) is 19.8 Å². The number of anilines is 2. The standard InChI is InChI=1S/C31H32N4O7/c1-34(30(39)40)22-11-9-21(10-12-22)27(36)32-26(17-20-7-4-3-5-8-20)28(37)35-16-6-15-31(19-35)24-18-23(41-2)13-14-25(24)33-29(38)42-31/h3-5,7-14,18,26H,6,15-17,19H2,1-2H3,(H,32,36)(H,33,38)(H,39,40)/t26-,31-/m0/s1. The van der Waals surface area contributed by atoms with Crippen LogP contribution in [-0.4, -0.2) is 67.3 Å². The molecular formula is C31H32N4O7. The highest BCUT2D eigenvalue weighted by Gasteiger charge is 2.47. The van der Waals surface area contributed by atoms with Crippen molar-refractivity contribution in [3.8, 4) is 5.75 Å². The lowest BCUT2D eigenvalue weighted by Crippen LogP contribution is -2.57. The van der Waals surface area contributed by atoms with Gasteiger partial charge in [0, 0.05) is 36.8 Å². The molecule has 3 N–H and O–H groups in total. The van der Waals surface area contributed by atoms with Crippen LogP contribution in [-0.2, 0) is 21.6 Å². The Labute approximate surface area is 243 Å². The number of carbonyl (C=O) groups excluding carboxylic acids is 3. The molecule has 11 nitrogen and oxygen atoms in total. The van der Waals surface area contributed by atoms with Crippen LogP contribution in [0.15, 0.2) is 72.8 Å². The number of nitrogens with zero attached hydrogens (tertiary/aromatic N) is 2. The molecule has 2 heterocycles. The van der Waals surface area contributed by atoms with Crippen molar-refractivity contribution >= 4 is 35.4 Å². The predicted molar refractivity (Wildman–Crippen MR) is 155 cm³/mol. The number of benzene rings is 3. The summed E-state index contributed by atoms with van der Waals surface area (Å²) in [6.07, 6.45) is -0.355. The van der Waals surface area contributed by atoms with Crippen molar-refractivity contribution in [2.24, 2.45) is 0 Å². The van der Waals surface area contributed by atoms with E-state index in [0.717, 1.165) is 16.0 Å². The van der Waals surface area contributed by atoms with Gasteiger partial charge in [-0.2, -0.15) is 0 Å². The number of hydrogen-bond donors (Lipinski definition) is 3. The summed E-state index contributed by atoms with van der Waals surface area (Å²) < 4.78 is 11.3. The van der Waals surface area contributed by atoms with Crippen LogP contribution in [0.5, 0.6) is 5.75 Å². The minimum absolute atomic E-state index is 0.122. The number of fused-ring (bicyclic) bond motifs is 2. The molecule has 0 aliphatic carbocycles. The van der Waals surface area contributed by atoms with Crippen LogP contribution in [0.4, 0.5) is 21.0 Å². The molecule has 3 aromatic carbocycles. The van der Waals surface area contributed by atoms with E-state index in [1.807, 2.05) is 36.4 Å². The Balaban J connectivity index is 1.40. The van der Waals surface area contributed by atoms with Crippen LogP contribution >= 0.6 is 0 Å². The maximum atomic E-state index is 14.1. The highest BCUT2D eigenvalue weighted by atomic mass is 16.6. The summed E-state index contributed by atoms with van der Waals surface area (Å²) in [5.74, 6) is -0.164. The van der Waals surface area contributed by atoms with E-state index in [-0.39, 0.29) is 24.4 Å². The number of piperidine rings is 1. The third-order valence-corrected chi connectivity index (χ3v) is 7.70. The fraction of sp³-hybridized carbons (Fsp3) is 0.290. The van der Waals surface area contributed by atoms with Gasteiger partial charge < -0.3 is 24.8 Å². The van der Waals surface area contributed by atoms with Crippen molar-refractivity contribution in [1.29, 1.82) is 0 Å². The molecule has 0 bridgehead atoms. The topological polar surface area (TPSA) is 138 Å². The molecule has 2 aliphatic heterocycles. The van der Waals surface area contributed by atoms with E-state index in [0.29, 0.717) is 36.5 Å². The minimum atomic E-state index is -1.12. The van der Waals surface area contributed by atoms with E-state index >= 15 is 0 Å². The molecule has 5 rings (SSSR count). The molecule has 1 saturated heterocycles. The summed E-state index contributed by atoms with van der Waals surface area (Å²) in [6, 6.07) is 19.9. The summed E-state index contributed by atoms with van der Waals surface area (Å²) in [6.45, 7) is 0.555. The van der Waals surface area contributed by atoms with Gasteiger partial charge in [-0.15, -0.1) is 0 Å². The molecule has 0 radical (unpaired) electrons. The predicted octanol–water partition coefficient (Wildman–Crippen LogP) is 4.23. The van der Waals surface area contributed by atoms with Gasteiger partial charge in [-0.05, 0) is 60.9 Å². The fourth-order valence-corrected chi connectivity index (χ4v) is 5.48. The van der Waals surface area contributed by atoms with Crippen molar-refractivity contribution in [2.75, 3.05) is 37.5 Å². The second-order valence-electron chi connectivity index (χ2n) is 10.4. The first-order valence-electron chi connectivity index (χ1n) is 13.6. The molecule has 0 saturated carbocycles. The van der Waals surface area contributed by atoms with Crippen LogP contribution in [0.1, 0.15) is 34.3 Å². The molecule has 3 aromatic rings. The van der Waals surface area contributed by atoms with E-state index in [4.69, 9.17) is 9.47 Å². The number of nitrogens with one attached hydrogen (secondary N) is 2. The molecular weight excluding hydrogens is 540 g/mol. The lowest BCUT2D eigenvalue weighted by molar-refractivity contribution is -0.141. The Morgan fingerprint density at radius 2 is 1.86 bits per heavy atom. The molecule has 1 fully saturated rings. The van der Waals surface area contributed by atoms with Gasteiger partial charge in [0.25, 0.3) is 5.91 Å². The summed E-state index contributed by atoms with van der Waals surface area (Å²) >= 11 is 0. The second kappa shape index (κ2) is 11.8. The van der Waals surface area contributed by atoms with E-state index < -0.39 is 29.7 Å². The smallest absolute Gasteiger partial charge is 0.412 e. The van der Waals surface area contributed by atoms with Crippen LogP contribution < -0.4 is 20.3 Å². The number of rotatable bonds is 7. The fourth-order valence-electron chi connectivity index (χ4n) is 5.48. The number of amides is 4. The van der Waals surface area contributed by atoms with Crippen molar-refractivity contribution in [3.63, 3.8) is 0 Å². The molecule has 0 unspecified atom stereocenters. The maximum absolute atomic E-state index is 14.1. The monoisotopic (exact) mass is 572 g/mol. The first-order chi connectivity index (χ1) is 20.2. The number of hydrogen-bond acceptors (Lipinski definition) is 6. The van der Waals surface area contributed by atoms with Crippen LogP contribution in [0, 0.1) is 0 Å². The number of carbonyl (C=O) groups is 4. The van der Waals surface area contributed by atoms with Gasteiger partial charge in [0.05, 0.1) is 19.3 Å². The lowest BCUT2D eigenvalue weighted by atomic mass is 9.83. The molecule has 11 heteroatoms. The zero-order valence-electron chi connectivity index (χ0n) is 23.3. The Kier molecular flexibility index (Phi) is 8.01. The third kappa shape index (κ3) is 5.85. The average Bonchev–Trinajstić information content (AvgIpc) is 3.00. The Morgan fingerprint density at radius 1 is 1.12 bits per heavy atom. The first-order valence-corrected chi connectivity index (χ1v) is 13.6. The quantitative estimate of drug-likeness (QED) is 0.385. The summed E-state index contributed by atoms with van der Waals surface area (Å²) in [5, 5.41) is 14.8. The van der Waals surface area contributed by atoms with E-state index in [9.17, 15) is 24.3 Å². The Hall–Kier alpha value is -5.06. The Bertz CT molecular complexity index is 1490. The van der Waals surface area contributed by atoms with Crippen molar-refractivity contribution < 1.29 is 33.8 Å². The summed E-state index contributed by atoms with van der Waals surface area (Å²) in [4.78, 5) is 53.9. The molecule has 1 spiro atoms. The highest BCUT2D eigenvalue weighted by Crippen LogP contribution is 2.43. The largest absolute Gasteiger partial charge is 0.497 e. The third-order valence-electron chi connectivity index (χ3n) is 7.70. The van der Waals surface area contributed by atoms with E-state index in [1.54, 1.807) is 24.1 Å². The van der Waals surface area contributed by atoms with Gasteiger partial charge in [0.1, 0.15) is 11.8 Å². The number of ether oxygens (including phenoxy) is 2. The van der Waals surface area contributed by atoms with E-state index in [2.05, 4.69) is 10.6 Å². The average molecular weight is 573 g/mol. The van der Waals surface area contributed by atoms with Crippen molar-refractivity contribution in [3.05, 3.63) is 89.5 Å². The van der Waals surface area contributed by atoms with E-state index in [1.165, 1.54) is 31.3 Å². The molecule has 2 atom stereocenters. The second-order valence-corrected chi connectivity index (χ2v) is 10.4. The zero-order chi connectivity index (χ0) is 29.9. The number of methoxy groups -OCH3 is 1. The molecule has 0 aromatic heterocycles.